The Morgan fingerprint density at radius 3 is 2.30 bits per heavy atom. The molecule has 0 aliphatic heterocycles. The fourth-order valence-electron chi connectivity index (χ4n) is 3.91. The summed E-state index contributed by atoms with van der Waals surface area (Å²) < 4.78 is 31.9. The Balaban J connectivity index is 1.39. The maximum atomic E-state index is 13.1. The summed E-state index contributed by atoms with van der Waals surface area (Å²) in [6, 6.07) is 21.7. The van der Waals surface area contributed by atoms with Gasteiger partial charge < -0.3 is 19.8 Å². The minimum atomic E-state index is -3.83. The first-order valence-electron chi connectivity index (χ1n) is 12.1. The molecule has 1 amide bonds. The molecule has 3 aromatic carbocycles. The predicted molar refractivity (Wildman–Crippen MR) is 148 cm³/mol. The Morgan fingerprint density at radius 1 is 1.00 bits per heavy atom. The lowest BCUT2D eigenvalue weighted by Crippen LogP contribution is -2.35. The number of aldehydes is 1. The van der Waals surface area contributed by atoms with Crippen molar-refractivity contribution >= 4 is 33.8 Å². The smallest absolute Gasteiger partial charge is 0.407 e. The van der Waals surface area contributed by atoms with Crippen LogP contribution in [0.15, 0.2) is 101 Å². The molecule has 4 rings (SSSR count). The molecule has 0 spiro atoms. The van der Waals surface area contributed by atoms with Crippen LogP contribution in [0.2, 0.25) is 5.02 Å². The molecule has 0 aliphatic carbocycles. The van der Waals surface area contributed by atoms with Gasteiger partial charge >= 0.3 is 6.09 Å². The number of nitrogens with zero attached hydrogens (tertiary/aromatic N) is 2. The lowest BCUT2D eigenvalue weighted by atomic mass is 10.1. The quantitative estimate of drug-likeness (QED) is 0.224. The van der Waals surface area contributed by atoms with E-state index in [0.717, 1.165) is 10.5 Å². The molecule has 0 unspecified atom stereocenters. The number of carbonyl (C=O) groups is 2. The topological polar surface area (TPSA) is 134 Å². The van der Waals surface area contributed by atoms with E-state index in [1.165, 1.54) is 42.6 Å². The zero-order valence-electron chi connectivity index (χ0n) is 21.1. The number of halogens is 1. The second-order valence-electron chi connectivity index (χ2n) is 8.79. The van der Waals surface area contributed by atoms with E-state index in [9.17, 15) is 28.2 Å². The van der Waals surface area contributed by atoms with Crippen molar-refractivity contribution in [3.63, 3.8) is 0 Å². The van der Waals surface area contributed by atoms with Gasteiger partial charge in [-0.1, -0.05) is 35.9 Å². The lowest BCUT2D eigenvalue weighted by Gasteiger charge is -2.23. The van der Waals surface area contributed by atoms with E-state index in [1.807, 2.05) is 0 Å². The number of amides is 1. The molecular formula is C29H25ClN2O7S. The Hall–Kier alpha value is -4.25. The third-order valence-corrected chi connectivity index (χ3v) is 8.10. The summed E-state index contributed by atoms with van der Waals surface area (Å²) >= 11 is 5.96. The number of hydrogen-bond acceptors (Lipinski definition) is 7. The zero-order valence-corrected chi connectivity index (χ0v) is 22.6. The van der Waals surface area contributed by atoms with Gasteiger partial charge in [-0.15, -0.1) is 0 Å². The first-order valence-corrected chi connectivity index (χ1v) is 14.0. The van der Waals surface area contributed by atoms with Gasteiger partial charge in [-0.3, -0.25) is 4.79 Å². The van der Waals surface area contributed by atoms with Gasteiger partial charge in [0.15, 0.2) is 6.29 Å². The number of sulfone groups is 1. The van der Waals surface area contributed by atoms with Crippen molar-refractivity contribution < 1.29 is 33.0 Å². The van der Waals surface area contributed by atoms with Gasteiger partial charge in [0, 0.05) is 17.8 Å². The summed E-state index contributed by atoms with van der Waals surface area (Å²) in [6.45, 7) is -0.0404. The van der Waals surface area contributed by atoms with Crippen molar-refractivity contribution in [1.82, 2.24) is 9.88 Å². The third-order valence-electron chi connectivity index (χ3n) is 6.08. The van der Waals surface area contributed by atoms with Crippen molar-refractivity contribution in [3.05, 3.63) is 113 Å². The minimum absolute atomic E-state index is 0.0521. The Kier molecular flexibility index (Phi) is 9.15. The van der Waals surface area contributed by atoms with Gasteiger partial charge in [0.2, 0.25) is 15.7 Å². The lowest BCUT2D eigenvalue weighted by molar-refractivity contribution is 0.0973. The maximum Gasteiger partial charge on any atom is 0.407 e. The highest BCUT2D eigenvalue weighted by Crippen LogP contribution is 2.27. The van der Waals surface area contributed by atoms with E-state index in [2.05, 4.69) is 4.98 Å². The zero-order chi connectivity index (χ0) is 28.7. The van der Waals surface area contributed by atoms with Crippen LogP contribution in [-0.2, 0) is 16.3 Å². The maximum absolute atomic E-state index is 13.1. The number of carbonyl (C=O) groups excluding carboxylic acids is 1. The number of aromatic nitrogens is 1. The molecule has 2 N–H and O–H groups in total. The highest BCUT2D eigenvalue weighted by atomic mass is 35.5. The summed E-state index contributed by atoms with van der Waals surface area (Å²) in [4.78, 5) is 28.1. The molecule has 0 bridgehead atoms. The van der Waals surface area contributed by atoms with Gasteiger partial charge in [0.05, 0.1) is 28.0 Å². The summed E-state index contributed by atoms with van der Waals surface area (Å²) in [7, 11) is -3.83. The SMILES string of the molecule is O=Cc1cccnc1Oc1ccc(S(=O)(=O)c2ccc(CCN(C[C@@H](O)c3cccc(Cl)c3)C(=O)O)cc2)cc1. The summed E-state index contributed by atoms with van der Waals surface area (Å²) in [5.74, 6) is 0.434. The summed E-state index contributed by atoms with van der Waals surface area (Å²) in [5.41, 5.74) is 1.51. The van der Waals surface area contributed by atoms with Crippen LogP contribution in [-0.4, -0.2) is 54.0 Å². The number of pyridine rings is 1. The van der Waals surface area contributed by atoms with Crippen LogP contribution >= 0.6 is 11.6 Å². The highest BCUT2D eigenvalue weighted by Gasteiger charge is 2.20. The van der Waals surface area contributed by atoms with Gasteiger partial charge in [-0.25, -0.2) is 18.2 Å². The molecule has 0 aliphatic rings. The number of carboxylic acid groups (broad SMARTS) is 1. The fraction of sp³-hybridized carbons (Fsp3) is 0.138. The second kappa shape index (κ2) is 12.7. The number of hydrogen-bond donors (Lipinski definition) is 2. The third kappa shape index (κ3) is 7.03. The van der Waals surface area contributed by atoms with Crippen molar-refractivity contribution in [2.45, 2.75) is 22.3 Å². The largest absolute Gasteiger partial charge is 0.465 e. The standard InChI is InChI=1S/C29H25ClN2O7S/c30-23-5-1-3-21(17-23)27(34)18-32(29(35)36)16-14-20-6-10-25(11-7-20)40(37,38)26-12-8-24(9-13-26)39-28-22(19-33)4-2-15-31-28/h1-13,15,17,19,27,34H,14,16,18H2,(H,35,36)/t27-/m1/s1. The van der Waals surface area contributed by atoms with Crippen LogP contribution < -0.4 is 4.74 Å². The summed E-state index contributed by atoms with van der Waals surface area (Å²) in [5, 5.41) is 20.5. The number of aliphatic hydroxyl groups is 1. The molecular weight excluding hydrogens is 556 g/mol. The monoisotopic (exact) mass is 580 g/mol. The van der Waals surface area contributed by atoms with Crippen LogP contribution in [0.25, 0.3) is 0 Å². The average molecular weight is 581 g/mol. The molecule has 0 saturated carbocycles. The molecule has 0 fully saturated rings. The summed E-state index contributed by atoms with van der Waals surface area (Å²) in [6.07, 6.45) is 0.188. The van der Waals surface area contributed by atoms with Crippen molar-refractivity contribution in [3.8, 4) is 11.6 Å². The van der Waals surface area contributed by atoms with E-state index in [0.29, 0.717) is 29.0 Å². The van der Waals surface area contributed by atoms with Gasteiger partial charge in [-0.05, 0) is 78.2 Å². The Morgan fingerprint density at radius 2 is 1.68 bits per heavy atom. The number of aliphatic hydroxyl groups excluding tert-OH is 1. The van der Waals surface area contributed by atoms with E-state index in [1.54, 1.807) is 48.5 Å². The molecule has 4 aromatic rings. The second-order valence-corrected chi connectivity index (χ2v) is 11.2. The molecule has 206 valence electrons. The molecule has 1 atom stereocenters. The number of benzene rings is 3. The Bertz CT molecular complexity index is 1590. The normalized spacial score (nSPS) is 11.9. The van der Waals surface area contributed by atoms with Crippen LogP contribution in [0.5, 0.6) is 11.6 Å². The first-order chi connectivity index (χ1) is 19.2. The van der Waals surface area contributed by atoms with Crippen molar-refractivity contribution in [2.24, 2.45) is 0 Å². The molecule has 1 aromatic heterocycles. The van der Waals surface area contributed by atoms with Gasteiger partial charge in [-0.2, -0.15) is 0 Å². The van der Waals surface area contributed by atoms with Crippen LogP contribution in [0.1, 0.15) is 27.6 Å². The van der Waals surface area contributed by atoms with Crippen LogP contribution in [0.3, 0.4) is 0 Å². The number of rotatable bonds is 11. The van der Waals surface area contributed by atoms with Gasteiger partial charge in [0.1, 0.15) is 5.75 Å². The van der Waals surface area contributed by atoms with E-state index in [4.69, 9.17) is 16.3 Å². The minimum Gasteiger partial charge on any atom is -0.465 e. The average Bonchev–Trinajstić information content (AvgIpc) is 2.96. The van der Waals surface area contributed by atoms with Crippen molar-refractivity contribution in [2.75, 3.05) is 13.1 Å². The van der Waals surface area contributed by atoms with E-state index >= 15 is 0 Å². The fourth-order valence-corrected chi connectivity index (χ4v) is 5.36. The molecule has 40 heavy (non-hydrogen) atoms. The van der Waals surface area contributed by atoms with Crippen LogP contribution in [0, 0.1) is 0 Å². The van der Waals surface area contributed by atoms with Crippen molar-refractivity contribution in [1.29, 1.82) is 0 Å². The van der Waals surface area contributed by atoms with Gasteiger partial charge in [0.25, 0.3) is 0 Å². The number of ether oxygens (including phenoxy) is 1. The van der Waals surface area contributed by atoms with E-state index in [-0.39, 0.29) is 34.3 Å². The van der Waals surface area contributed by atoms with E-state index < -0.39 is 22.0 Å². The Labute approximate surface area is 236 Å². The predicted octanol–water partition coefficient (Wildman–Crippen LogP) is 5.43. The van der Waals surface area contributed by atoms with Crippen LogP contribution in [0.4, 0.5) is 4.79 Å². The molecule has 1 heterocycles. The molecule has 0 saturated heterocycles. The molecule has 11 heteroatoms. The molecule has 9 nitrogen and oxygen atoms in total. The first kappa shape index (κ1) is 28.8. The molecule has 0 radical (unpaired) electrons. The highest BCUT2D eigenvalue weighted by molar-refractivity contribution is 7.91.